The van der Waals surface area contributed by atoms with Crippen molar-refractivity contribution in [1.82, 2.24) is 10.2 Å². The highest BCUT2D eigenvalue weighted by Crippen LogP contribution is 2.42. The second-order valence-corrected chi connectivity index (χ2v) is 7.91. The van der Waals surface area contributed by atoms with Gasteiger partial charge in [0.2, 0.25) is 5.91 Å². The van der Waals surface area contributed by atoms with Crippen LogP contribution in [-0.4, -0.2) is 42.5 Å². The van der Waals surface area contributed by atoms with Crippen molar-refractivity contribution in [2.75, 3.05) is 20.2 Å². The second-order valence-electron chi connectivity index (χ2n) is 7.91. The molecule has 0 aliphatic carbocycles. The minimum atomic E-state index is -0.555. The molecule has 2 saturated heterocycles. The molecule has 29 heavy (non-hydrogen) atoms. The van der Waals surface area contributed by atoms with Crippen molar-refractivity contribution < 1.29 is 18.7 Å². The molecule has 0 radical (unpaired) electrons. The minimum Gasteiger partial charge on any atom is -0.497 e. The highest BCUT2D eigenvalue weighted by molar-refractivity contribution is 5.95. The molecule has 2 heterocycles. The van der Waals surface area contributed by atoms with Crippen LogP contribution in [-0.2, 0) is 4.79 Å². The molecule has 6 heteroatoms. The largest absolute Gasteiger partial charge is 0.497 e. The molecule has 5 nitrogen and oxygen atoms in total. The maximum atomic E-state index is 14.2. The summed E-state index contributed by atoms with van der Waals surface area (Å²) < 4.78 is 19.6. The Hall–Kier alpha value is -2.89. The standard InChI is InChI=1S/C23H25FN2O3/c1-29-17-8-6-7-16(13-17)19-14-26(22(28)18-9-2-3-10-20(18)24)15-23(19)12-5-4-11-21(27)25-23/h2-3,6-10,13,19H,4-5,11-12,14-15H2,1H3,(H,25,27)/t19-,23+/m0/s1. The van der Waals surface area contributed by atoms with Crippen LogP contribution in [0.3, 0.4) is 0 Å². The Kier molecular flexibility index (Phi) is 5.26. The topological polar surface area (TPSA) is 58.6 Å². The summed E-state index contributed by atoms with van der Waals surface area (Å²) in [7, 11) is 1.62. The van der Waals surface area contributed by atoms with E-state index in [1.54, 1.807) is 24.1 Å². The van der Waals surface area contributed by atoms with E-state index in [1.807, 2.05) is 24.3 Å². The summed E-state index contributed by atoms with van der Waals surface area (Å²) in [5, 5.41) is 3.22. The van der Waals surface area contributed by atoms with E-state index in [2.05, 4.69) is 5.32 Å². The summed E-state index contributed by atoms with van der Waals surface area (Å²) in [4.78, 5) is 27.2. The lowest BCUT2D eigenvalue weighted by Crippen LogP contribution is -2.52. The van der Waals surface area contributed by atoms with E-state index >= 15 is 0 Å². The Bertz CT molecular complexity index is 932. The third kappa shape index (κ3) is 3.71. The number of ether oxygens (including phenoxy) is 1. The van der Waals surface area contributed by atoms with E-state index in [-0.39, 0.29) is 23.3 Å². The summed E-state index contributed by atoms with van der Waals surface area (Å²) >= 11 is 0. The maximum absolute atomic E-state index is 14.2. The number of nitrogens with one attached hydrogen (secondary N) is 1. The minimum absolute atomic E-state index is 0.00980. The van der Waals surface area contributed by atoms with Gasteiger partial charge in [-0.15, -0.1) is 0 Å². The molecule has 0 saturated carbocycles. The highest BCUT2D eigenvalue weighted by Gasteiger charge is 2.50. The molecule has 2 aromatic carbocycles. The first-order chi connectivity index (χ1) is 14.0. The molecule has 2 aromatic rings. The summed E-state index contributed by atoms with van der Waals surface area (Å²) in [6.45, 7) is 0.786. The summed E-state index contributed by atoms with van der Waals surface area (Å²) in [5.41, 5.74) is 0.519. The van der Waals surface area contributed by atoms with Gasteiger partial charge in [-0.25, -0.2) is 4.39 Å². The van der Waals surface area contributed by atoms with Gasteiger partial charge in [0.1, 0.15) is 11.6 Å². The molecule has 1 spiro atoms. The number of amides is 2. The van der Waals surface area contributed by atoms with Crippen LogP contribution >= 0.6 is 0 Å². The molecular weight excluding hydrogens is 371 g/mol. The van der Waals surface area contributed by atoms with Crippen molar-refractivity contribution in [2.24, 2.45) is 0 Å². The van der Waals surface area contributed by atoms with E-state index in [4.69, 9.17) is 4.74 Å². The first-order valence-corrected chi connectivity index (χ1v) is 10.0. The number of halogens is 1. The molecule has 152 valence electrons. The van der Waals surface area contributed by atoms with Gasteiger partial charge in [0.05, 0.1) is 18.2 Å². The van der Waals surface area contributed by atoms with Gasteiger partial charge < -0.3 is 15.0 Å². The van der Waals surface area contributed by atoms with Crippen molar-refractivity contribution >= 4 is 11.8 Å². The predicted octanol–water partition coefficient (Wildman–Crippen LogP) is 3.50. The summed E-state index contributed by atoms with van der Waals surface area (Å²) in [6, 6.07) is 13.8. The van der Waals surface area contributed by atoms with Crippen LogP contribution in [0, 0.1) is 5.82 Å². The number of rotatable bonds is 3. The number of benzene rings is 2. The smallest absolute Gasteiger partial charge is 0.256 e. The fraction of sp³-hybridized carbons (Fsp3) is 0.391. The summed E-state index contributed by atoms with van der Waals surface area (Å²) in [6.07, 6.45) is 3.01. The molecule has 1 N–H and O–H groups in total. The molecule has 0 bridgehead atoms. The number of carbonyl (C=O) groups is 2. The van der Waals surface area contributed by atoms with Gasteiger partial charge in [0, 0.05) is 25.4 Å². The Morgan fingerprint density at radius 2 is 2.03 bits per heavy atom. The fourth-order valence-corrected chi connectivity index (χ4v) is 4.66. The molecule has 2 aliphatic heterocycles. The Morgan fingerprint density at radius 3 is 2.83 bits per heavy atom. The van der Waals surface area contributed by atoms with Crippen LogP contribution < -0.4 is 10.1 Å². The average molecular weight is 396 g/mol. The predicted molar refractivity (Wildman–Crippen MR) is 107 cm³/mol. The molecule has 0 unspecified atom stereocenters. The van der Waals surface area contributed by atoms with Crippen molar-refractivity contribution in [2.45, 2.75) is 37.1 Å². The SMILES string of the molecule is COc1cccc([C@@H]2CN(C(=O)c3ccccc3F)C[C@]23CCCCC(=O)N3)c1. The zero-order valence-electron chi connectivity index (χ0n) is 16.5. The number of carbonyl (C=O) groups excluding carboxylic acids is 2. The molecule has 2 amide bonds. The van der Waals surface area contributed by atoms with E-state index < -0.39 is 11.4 Å². The zero-order valence-corrected chi connectivity index (χ0v) is 16.5. The van der Waals surface area contributed by atoms with Gasteiger partial charge >= 0.3 is 0 Å². The Labute approximate surface area is 169 Å². The molecule has 2 atom stereocenters. The lowest BCUT2D eigenvalue weighted by atomic mass is 9.79. The molecule has 0 aromatic heterocycles. The average Bonchev–Trinajstić information content (AvgIpc) is 2.99. The quantitative estimate of drug-likeness (QED) is 0.864. The van der Waals surface area contributed by atoms with Crippen LogP contribution in [0.5, 0.6) is 5.75 Å². The fourth-order valence-electron chi connectivity index (χ4n) is 4.66. The normalized spacial score (nSPS) is 24.3. The van der Waals surface area contributed by atoms with E-state index in [0.29, 0.717) is 19.5 Å². The molecule has 4 rings (SSSR count). The number of nitrogens with zero attached hydrogens (tertiary/aromatic N) is 1. The van der Waals surface area contributed by atoms with Crippen molar-refractivity contribution in [1.29, 1.82) is 0 Å². The van der Waals surface area contributed by atoms with Gasteiger partial charge in [-0.3, -0.25) is 9.59 Å². The van der Waals surface area contributed by atoms with Gasteiger partial charge in [-0.05, 0) is 42.7 Å². The zero-order chi connectivity index (χ0) is 20.4. The van der Waals surface area contributed by atoms with Crippen LogP contribution in [0.15, 0.2) is 48.5 Å². The van der Waals surface area contributed by atoms with E-state index in [9.17, 15) is 14.0 Å². The second kappa shape index (κ2) is 7.85. The van der Waals surface area contributed by atoms with E-state index in [0.717, 1.165) is 30.6 Å². The first-order valence-electron chi connectivity index (χ1n) is 10.0. The van der Waals surface area contributed by atoms with Crippen molar-refractivity contribution in [3.63, 3.8) is 0 Å². The third-order valence-electron chi connectivity index (χ3n) is 6.10. The number of likely N-dealkylation sites (tertiary alicyclic amines) is 1. The van der Waals surface area contributed by atoms with Crippen LogP contribution in [0.2, 0.25) is 0 Å². The number of hydrogen-bond donors (Lipinski definition) is 1. The molecule has 2 fully saturated rings. The van der Waals surface area contributed by atoms with Crippen LogP contribution in [0.4, 0.5) is 4.39 Å². The van der Waals surface area contributed by atoms with Crippen LogP contribution in [0.1, 0.15) is 47.5 Å². The van der Waals surface area contributed by atoms with Gasteiger partial charge in [0.25, 0.3) is 5.91 Å². The van der Waals surface area contributed by atoms with Crippen molar-refractivity contribution in [3.8, 4) is 5.75 Å². The monoisotopic (exact) mass is 396 g/mol. The van der Waals surface area contributed by atoms with E-state index in [1.165, 1.54) is 12.1 Å². The summed E-state index contributed by atoms with van der Waals surface area (Å²) in [5.74, 6) is -0.213. The Morgan fingerprint density at radius 1 is 1.21 bits per heavy atom. The lowest BCUT2D eigenvalue weighted by molar-refractivity contribution is -0.122. The lowest BCUT2D eigenvalue weighted by Gasteiger charge is -2.34. The van der Waals surface area contributed by atoms with Gasteiger partial charge in [-0.2, -0.15) is 0 Å². The number of methoxy groups -OCH3 is 1. The highest BCUT2D eigenvalue weighted by atomic mass is 19.1. The first kappa shape index (κ1) is 19.4. The molecule has 2 aliphatic rings. The molecular formula is C23H25FN2O3. The van der Waals surface area contributed by atoms with Crippen LogP contribution in [0.25, 0.3) is 0 Å². The van der Waals surface area contributed by atoms with Gasteiger partial charge in [0.15, 0.2) is 0 Å². The number of hydrogen-bond acceptors (Lipinski definition) is 3. The third-order valence-corrected chi connectivity index (χ3v) is 6.10. The van der Waals surface area contributed by atoms with Crippen molar-refractivity contribution in [3.05, 3.63) is 65.5 Å². The maximum Gasteiger partial charge on any atom is 0.256 e. The van der Waals surface area contributed by atoms with Gasteiger partial charge in [-0.1, -0.05) is 30.7 Å². The Balaban J connectivity index is 1.72.